The van der Waals surface area contributed by atoms with Gasteiger partial charge in [0, 0.05) is 35.2 Å². The Balaban J connectivity index is 1.79. The van der Waals surface area contributed by atoms with Crippen LogP contribution in [0.5, 0.6) is 0 Å². The van der Waals surface area contributed by atoms with E-state index in [1.165, 1.54) is 14.8 Å². The van der Waals surface area contributed by atoms with Gasteiger partial charge in [-0.25, -0.2) is 9.97 Å². The molecular formula is C11H15N3S2. The minimum absolute atomic E-state index is 0.845. The van der Waals surface area contributed by atoms with Crippen molar-refractivity contribution in [3.8, 4) is 0 Å². The number of hydrogen-bond acceptors (Lipinski definition) is 5. The third-order valence-corrected chi connectivity index (χ3v) is 4.20. The lowest BCUT2D eigenvalue weighted by atomic mass is 10.5. The molecule has 86 valence electrons. The predicted molar refractivity (Wildman–Crippen MR) is 68.9 cm³/mol. The fourth-order valence-corrected chi connectivity index (χ4v) is 2.96. The van der Waals surface area contributed by atoms with Gasteiger partial charge in [-0.2, -0.15) is 0 Å². The van der Waals surface area contributed by atoms with Crippen molar-refractivity contribution in [1.29, 1.82) is 0 Å². The van der Waals surface area contributed by atoms with Crippen molar-refractivity contribution >= 4 is 22.7 Å². The summed E-state index contributed by atoms with van der Waals surface area (Å²) in [6.45, 7) is 5.94. The van der Waals surface area contributed by atoms with Gasteiger partial charge in [-0.05, 0) is 13.3 Å². The first-order chi connectivity index (χ1) is 7.78. The average Bonchev–Trinajstić information content (AvgIpc) is 2.88. The van der Waals surface area contributed by atoms with Crippen LogP contribution in [0.15, 0.2) is 12.4 Å². The Kier molecular flexibility index (Phi) is 4.04. The van der Waals surface area contributed by atoms with Gasteiger partial charge in [0.05, 0.1) is 5.01 Å². The Morgan fingerprint density at radius 1 is 1.12 bits per heavy atom. The van der Waals surface area contributed by atoms with Crippen LogP contribution >= 0.6 is 22.7 Å². The zero-order valence-corrected chi connectivity index (χ0v) is 11.1. The second-order valence-electron chi connectivity index (χ2n) is 3.54. The summed E-state index contributed by atoms with van der Waals surface area (Å²) in [5.74, 6) is 0. The maximum atomic E-state index is 4.33. The number of rotatable bonds is 5. The summed E-state index contributed by atoms with van der Waals surface area (Å²) in [5.41, 5.74) is 0. The van der Waals surface area contributed by atoms with Crippen LogP contribution in [0.3, 0.4) is 0 Å². The van der Waals surface area contributed by atoms with Crippen molar-refractivity contribution in [1.82, 2.24) is 15.3 Å². The second-order valence-corrected chi connectivity index (χ2v) is 6.06. The maximum absolute atomic E-state index is 4.33. The molecule has 0 aromatic carbocycles. The summed E-state index contributed by atoms with van der Waals surface area (Å²) >= 11 is 3.53. The Hall–Kier alpha value is -0.780. The summed E-state index contributed by atoms with van der Waals surface area (Å²) in [4.78, 5) is 11.2. The predicted octanol–water partition coefficient (Wildman–Crippen LogP) is 2.76. The zero-order valence-electron chi connectivity index (χ0n) is 9.49. The van der Waals surface area contributed by atoms with Gasteiger partial charge in [0.2, 0.25) is 0 Å². The molecule has 0 aliphatic heterocycles. The van der Waals surface area contributed by atoms with Crippen LogP contribution in [0.4, 0.5) is 0 Å². The van der Waals surface area contributed by atoms with E-state index in [1.54, 1.807) is 22.7 Å². The molecule has 1 N–H and O–H groups in total. The fraction of sp³-hybridized carbons (Fsp3) is 0.455. The molecule has 0 amide bonds. The third kappa shape index (κ3) is 3.10. The van der Waals surface area contributed by atoms with Gasteiger partial charge in [0.1, 0.15) is 5.01 Å². The van der Waals surface area contributed by atoms with Crippen LogP contribution in [0.25, 0.3) is 0 Å². The van der Waals surface area contributed by atoms with Crippen molar-refractivity contribution in [3.63, 3.8) is 0 Å². The van der Waals surface area contributed by atoms with Crippen LogP contribution in [0.1, 0.15) is 26.7 Å². The fourth-order valence-electron chi connectivity index (χ4n) is 1.37. The number of nitrogens with one attached hydrogen (secondary N) is 1. The Labute approximate surface area is 104 Å². The van der Waals surface area contributed by atoms with Gasteiger partial charge in [0.25, 0.3) is 0 Å². The number of aryl methyl sites for hydroxylation is 2. The molecule has 0 unspecified atom stereocenters. The molecule has 2 heterocycles. The van der Waals surface area contributed by atoms with Gasteiger partial charge < -0.3 is 5.32 Å². The van der Waals surface area contributed by atoms with E-state index in [4.69, 9.17) is 0 Å². The molecule has 0 spiro atoms. The molecule has 2 aromatic rings. The smallest absolute Gasteiger partial charge is 0.107 e. The van der Waals surface area contributed by atoms with Gasteiger partial charge in [-0.1, -0.05) is 6.92 Å². The van der Waals surface area contributed by atoms with Crippen molar-refractivity contribution < 1.29 is 0 Å². The number of thiazole rings is 2. The lowest BCUT2D eigenvalue weighted by molar-refractivity contribution is 0.696. The topological polar surface area (TPSA) is 37.8 Å². The Morgan fingerprint density at radius 3 is 2.56 bits per heavy atom. The van der Waals surface area contributed by atoms with E-state index in [1.807, 2.05) is 12.4 Å². The van der Waals surface area contributed by atoms with Crippen molar-refractivity contribution in [3.05, 3.63) is 32.2 Å². The van der Waals surface area contributed by atoms with Crippen LogP contribution in [0.2, 0.25) is 0 Å². The van der Waals surface area contributed by atoms with Crippen LogP contribution in [0, 0.1) is 6.92 Å². The molecule has 0 aliphatic rings. The summed E-state index contributed by atoms with van der Waals surface area (Å²) < 4.78 is 0. The van der Waals surface area contributed by atoms with Crippen LogP contribution in [-0.2, 0) is 19.5 Å². The average molecular weight is 253 g/mol. The monoisotopic (exact) mass is 253 g/mol. The highest BCUT2D eigenvalue weighted by atomic mass is 32.1. The molecule has 0 fully saturated rings. The zero-order chi connectivity index (χ0) is 11.4. The highest BCUT2D eigenvalue weighted by Crippen LogP contribution is 2.14. The molecule has 0 atom stereocenters. The van der Waals surface area contributed by atoms with E-state index in [0.29, 0.717) is 0 Å². The maximum Gasteiger partial charge on any atom is 0.107 e. The lowest BCUT2D eigenvalue weighted by Gasteiger charge is -1.98. The Bertz CT molecular complexity index is 448. The quantitative estimate of drug-likeness (QED) is 0.890. The first kappa shape index (κ1) is 11.7. The van der Waals surface area contributed by atoms with Crippen molar-refractivity contribution in [2.45, 2.75) is 33.4 Å². The summed E-state index contributed by atoms with van der Waals surface area (Å²) in [5, 5.41) is 5.75. The Morgan fingerprint density at radius 2 is 1.94 bits per heavy atom. The van der Waals surface area contributed by atoms with Crippen LogP contribution in [-0.4, -0.2) is 9.97 Å². The molecule has 0 aliphatic carbocycles. The second kappa shape index (κ2) is 5.52. The summed E-state index contributed by atoms with van der Waals surface area (Å²) in [6.07, 6.45) is 4.91. The van der Waals surface area contributed by atoms with E-state index < -0.39 is 0 Å². The molecule has 3 nitrogen and oxygen atoms in total. The van der Waals surface area contributed by atoms with Crippen molar-refractivity contribution in [2.75, 3.05) is 0 Å². The van der Waals surface area contributed by atoms with Crippen molar-refractivity contribution in [2.24, 2.45) is 0 Å². The first-order valence-corrected chi connectivity index (χ1v) is 6.97. The summed E-state index contributed by atoms with van der Waals surface area (Å²) in [7, 11) is 0. The van der Waals surface area contributed by atoms with Gasteiger partial charge in [0.15, 0.2) is 0 Å². The molecule has 5 heteroatoms. The summed E-state index contributed by atoms with van der Waals surface area (Å²) in [6, 6.07) is 0. The van der Waals surface area contributed by atoms with Crippen LogP contribution < -0.4 is 5.32 Å². The molecule has 0 saturated carbocycles. The number of nitrogens with zero attached hydrogens (tertiary/aromatic N) is 2. The molecule has 0 bridgehead atoms. The van der Waals surface area contributed by atoms with Gasteiger partial charge in [-0.15, -0.1) is 22.7 Å². The van der Waals surface area contributed by atoms with E-state index >= 15 is 0 Å². The molecule has 0 saturated heterocycles. The van der Waals surface area contributed by atoms with Gasteiger partial charge >= 0.3 is 0 Å². The minimum Gasteiger partial charge on any atom is -0.305 e. The van der Waals surface area contributed by atoms with E-state index in [2.05, 4.69) is 29.1 Å². The third-order valence-electron chi connectivity index (χ3n) is 2.15. The first-order valence-electron chi connectivity index (χ1n) is 5.33. The number of aromatic nitrogens is 2. The SMILES string of the molecule is CCc1ncc(CNCc2ncc(C)s2)s1. The van der Waals surface area contributed by atoms with Gasteiger partial charge in [-0.3, -0.25) is 0 Å². The minimum atomic E-state index is 0.845. The normalized spacial score (nSPS) is 10.9. The molecular weight excluding hydrogens is 238 g/mol. The molecule has 2 rings (SSSR count). The molecule has 0 radical (unpaired) electrons. The highest BCUT2D eigenvalue weighted by Gasteiger charge is 2.01. The lowest BCUT2D eigenvalue weighted by Crippen LogP contribution is -2.11. The van der Waals surface area contributed by atoms with E-state index in [-0.39, 0.29) is 0 Å². The number of hydrogen-bond donors (Lipinski definition) is 1. The molecule has 2 aromatic heterocycles. The molecule has 16 heavy (non-hydrogen) atoms. The highest BCUT2D eigenvalue weighted by molar-refractivity contribution is 7.11. The van der Waals surface area contributed by atoms with E-state index in [9.17, 15) is 0 Å². The largest absolute Gasteiger partial charge is 0.305 e. The standard InChI is InChI=1S/C11H15N3S2/c1-3-10-14-6-9(16-10)5-12-7-11-13-4-8(2)15-11/h4,6,12H,3,5,7H2,1-2H3. The van der Waals surface area contributed by atoms with E-state index in [0.717, 1.165) is 24.5 Å².